The number of alkyl carbamates (subject to hydrolysis) is 1. The third-order valence-electron chi connectivity index (χ3n) is 4.55. The van der Waals surface area contributed by atoms with Crippen molar-refractivity contribution in [3.63, 3.8) is 0 Å². The average Bonchev–Trinajstić information content (AvgIpc) is 3.22. The maximum absolute atomic E-state index is 12.1. The first-order valence-electron chi connectivity index (χ1n) is 11.4. The van der Waals surface area contributed by atoms with Crippen LogP contribution in [0, 0.1) is 0 Å². The number of amides is 2. The second-order valence-electron chi connectivity index (χ2n) is 8.75. The van der Waals surface area contributed by atoms with Gasteiger partial charge in [-0.3, -0.25) is 14.8 Å². The number of nitrogens with two attached hydrogens (primary N) is 1. The van der Waals surface area contributed by atoms with Crippen molar-refractivity contribution >= 4 is 24.0 Å². The Morgan fingerprint density at radius 3 is 2.51 bits per heavy atom. The number of carboxylic acids is 1. The number of ether oxygens (including phenoxy) is 3. The van der Waals surface area contributed by atoms with Gasteiger partial charge in [0, 0.05) is 24.8 Å². The van der Waals surface area contributed by atoms with Crippen LogP contribution >= 0.6 is 0 Å². The van der Waals surface area contributed by atoms with Crippen molar-refractivity contribution in [1.82, 2.24) is 15.1 Å². The van der Waals surface area contributed by atoms with Gasteiger partial charge in [0.2, 0.25) is 6.10 Å². The molecule has 2 amide bonds. The molecular weight excluding hydrogens is 486 g/mol. The van der Waals surface area contributed by atoms with Gasteiger partial charge in [-0.25, -0.2) is 20.3 Å². The molecule has 2 aromatic rings. The van der Waals surface area contributed by atoms with Gasteiger partial charge >= 0.3 is 18.2 Å². The summed E-state index contributed by atoms with van der Waals surface area (Å²) in [6.07, 6.45) is 1.24. The number of rotatable bonds is 13. The lowest BCUT2D eigenvalue weighted by atomic mass is 10.1. The quantitative estimate of drug-likeness (QED) is 0.175. The molecule has 1 heterocycles. The van der Waals surface area contributed by atoms with Crippen molar-refractivity contribution in [2.24, 2.45) is 5.90 Å². The Morgan fingerprint density at radius 1 is 1.22 bits per heavy atom. The number of hydrogen-bond acceptors (Lipinski definition) is 9. The van der Waals surface area contributed by atoms with Gasteiger partial charge in [0.1, 0.15) is 24.6 Å². The molecule has 0 radical (unpaired) electrons. The Morgan fingerprint density at radius 2 is 1.92 bits per heavy atom. The van der Waals surface area contributed by atoms with Crippen LogP contribution in [0.3, 0.4) is 0 Å². The number of nitrogens with one attached hydrogen (secondary N) is 2. The minimum absolute atomic E-state index is 0.0358. The number of aryl methyl sites for hydroxylation is 1. The normalized spacial score (nSPS) is 11.8. The standard InChI is InChI=1S/C24H33N5O8/c1-5-13-34-23(33)27-20-18(14-29(28-20)12-6-11-26-22(32)36-24(2,3)4)16-7-9-17(10-8-16)35-15-19(37-25)21(30)31/h5,7-10,14,19H,1,6,11-13,15,25H2,2-4H3,(H,26,32)(H,30,31)(H,27,28,33). The first kappa shape index (κ1) is 29.1. The van der Waals surface area contributed by atoms with Crippen molar-refractivity contribution in [3.05, 3.63) is 43.1 Å². The minimum Gasteiger partial charge on any atom is -0.490 e. The highest BCUT2D eigenvalue weighted by Crippen LogP contribution is 2.29. The summed E-state index contributed by atoms with van der Waals surface area (Å²) in [6.45, 7) is 9.43. The summed E-state index contributed by atoms with van der Waals surface area (Å²) in [5.74, 6) is 4.38. The van der Waals surface area contributed by atoms with Crippen molar-refractivity contribution in [1.29, 1.82) is 0 Å². The Kier molecular flexibility index (Phi) is 10.9. The van der Waals surface area contributed by atoms with Crippen LogP contribution < -0.4 is 21.3 Å². The fourth-order valence-corrected chi connectivity index (χ4v) is 2.92. The SMILES string of the molecule is C=CCOC(=O)Nc1nn(CCCNC(=O)OC(C)(C)C)cc1-c1ccc(OCC(ON)C(=O)O)cc1. The highest BCUT2D eigenvalue weighted by Gasteiger charge is 2.19. The third kappa shape index (κ3) is 10.2. The predicted molar refractivity (Wildman–Crippen MR) is 134 cm³/mol. The van der Waals surface area contributed by atoms with Gasteiger partial charge in [-0.1, -0.05) is 24.8 Å². The molecule has 202 valence electrons. The van der Waals surface area contributed by atoms with Gasteiger partial charge < -0.3 is 24.6 Å². The number of carbonyl (C=O) groups excluding carboxylic acids is 2. The van der Waals surface area contributed by atoms with Crippen LogP contribution in [0.5, 0.6) is 5.75 Å². The molecule has 1 unspecified atom stereocenters. The molecule has 0 aliphatic rings. The van der Waals surface area contributed by atoms with E-state index in [2.05, 4.69) is 27.1 Å². The van der Waals surface area contributed by atoms with E-state index < -0.39 is 29.9 Å². The van der Waals surface area contributed by atoms with E-state index in [4.69, 9.17) is 25.2 Å². The summed E-state index contributed by atoms with van der Waals surface area (Å²) >= 11 is 0. The Labute approximate surface area is 214 Å². The van der Waals surface area contributed by atoms with Crippen LogP contribution in [0.1, 0.15) is 27.2 Å². The molecule has 37 heavy (non-hydrogen) atoms. The van der Waals surface area contributed by atoms with Crippen molar-refractivity contribution in [2.75, 3.05) is 25.1 Å². The molecule has 0 bridgehead atoms. The number of carboxylic acid groups (broad SMARTS) is 1. The minimum atomic E-state index is -1.31. The zero-order valence-electron chi connectivity index (χ0n) is 21.1. The van der Waals surface area contributed by atoms with Crippen LogP contribution in [0.15, 0.2) is 43.1 Å². The summed E-state index contributed by atoms with van der Waals surface area (Å²) in [7, 11) is 0. The van der Waals surface area contributed by atoms with Crippen LogP contribution in [0.25, 0.3) is 11.1 Å². The predicted octanol–water partition coefficient (Wildman–Crippen LogP) is 2.92. The molecule has 0 saturated carbocycles. The van der Waals surface area contributed by atoms with Crippen molar-refractivity contribution in [2.45, 2.75) is 45.4 Å². The highest BCUT2D eigenvalue weighted by atomic mass is 16.6. The van der Waals surface area contributed by atoms with E-state index in [0.717, 1.165) is 0 Å². The lowest BCUT2D eigenvalue weighted by Crippen LogP contribution is -2.33. The Hall–Kier alpha value is -4.10. The molecule has 1 aromatic carbocycles. The molecule has 0 fully saturated rings. The smallest absolute Gasteiger partial charge is 0.413 e. The summed E-state index contributed by atoms with van der Waals surface area (Å²) < 4.78 is 17.3. The van der Waals surface area contributed by atoms with Gasteiger partial charge in [0.25, 0.3) is 0 Å². The van der Waals surface area contributed by atoms with Gasteiger partial charge in [0.05, 0.1) is 0 Å². The number of hydrogen-bond donors (Lipinski definition) is 4. The van der Waals surface area contributed by atoms with Crippen molar-refractivity contribution in [3.8, 4) is 16.9 Å². The first-order valence-corrected chi connectivity index (χ1v) is 11.4. The Balaban J connectivity index is 2.10. The number of benzene rings is 1. The largest absolute Gasteiger partial charge is 0.490 e. The number of aromatic nitrogens is 2. The molecule has 0 spiro atoms. The fraction of sp³-hybridized carbons (Fsp3) is 0.417. The molecule has 1 atom stereocenters. The first-order chi connectivity index (χ1) is 17.5. The summed E-state index contributed by atoms with van der Waals surface area (Å²) in [5, 5.41) is 18.7. The molecule has 13 nitrogen and oxygen atoms in total. The van der Waals surface area contributed by atoms with Crippen LogP contribution in [0.4, 0.5) is 15.4 Å². The summed E-state index contributed by atoms with van der Waals surface area (Å²) in [5.41, 5.74) is 0.726. The molecule has 0 aliphatic carbocycles. The maximum Gasteiger partial charge on any atom is 0.413 e. The lowest BCUT2D eigenvalue weighted by Gasteiger charge is -2.19. The molecule has 0 saturated heterocycles. The van der Waals surface area contributed by atoms with E-state index >= 15 is 0 Å². The molecule has 2 rings (SSSR count). The Bertz CT molecular complexity index is 1060. The number of aliphatic carboxylic acids is 1. The molecule has 1 aromatic heterocycles. The zero-order chi connectivity index (χ0) is 27.4. The van der Waals surface area contributed by atoms with Crippen LogP contribution in [-0.4, -0.2) is 64.5 Å². The second kappa shape index (κ2) is 13.8. The maximum atomic E-state index is 12.1. The fourth-order valence-electron chi connectivity index (χ4n) is 2.92. The van der Waals surface area contributed by atoms with E-state index in [0.29, 0.717) is 36.4 Å². The van der Waals surface area contributed by atoms with E-state index in [1.165, 1.54) is 6.08 Å². The van der Waals surface area contributed by atoms with Crippen LogP contribution in [0.2, 0.25) is 0 Å². The molecular formula is C24H33N5O8. The topological polar surface area (TPSA) is 176 Å². The van der Waals surface area contributed by atoms with Gasteiger partial charge in [-0.15, -0.1) is 0 Å². The second-order valence-corrected chi connectivity index (χ2v) is 8.75. The number of nitrogens with zero attached hydrogens (tertiary/aromatic N) is 2. The zero-order valence-corrected chi connectivity index (χ0v) is 21.1. The molecule has 5 N–H and O–H groups in total. The average molecular weight is 520 g/mol. The summed E-state index contributed by atoms with van der Waals surface area (Å²) in [6, 6.07) is 6.71. The summed E-state index contributed by atoms with van der Waals surface area (Å²) in [4.78, 5) is 39.3. The molecule has 13 heteroatoms. The highest BCUT2D eigenvalue weighted by molar-refractivity contribution is 5.89. The van der Waals surface area contributed by atoms with Crippen molar-refractivity contribution < 1.29 is 38.5 Å². The number of anilines is 1. The third-order valence-corrected chi connectivity index (χ3v) is 4.55. The van der Waals surface area contributed by atoms with Crippen LogP contribution in [-0.2, 0) is 25.7 Å². The molecule has 0 aliphatic heterocycles. The van der Waals surface area contributed by atoms with E-state index in [-0.39, 0.29) is 19.0 Å². The van der Waals surface area contributed by atoms with Gasteiger partial charge in [0.15, 0.2) is 5.82 Å². The lowest BCUT2D eigenvalue weighted by molar-refractivity contribution is -0.152. The number of carbonyl (C=O) groups is 3. The monoisotopic (exact) mass is 519 g/mol. The van der Waals surface area contributed by atoms with E-state index in [9.17, 15) is 14.4 Å². The van der Waals surface area contributed by atoms with E-state index in [1.807, 2.05) is 0 Å². The van der Waals surface area contributed by atoms with E-state index in [1.54, 1.807) is 55.9 Å². The van der Waals surface area contributed by atoms with Gasteiger partial charge in [-0.05, 0) is 44.9 Å². The van der Waals surface area contributed by atoms with Gasteiger partial charge in [-0.2, -0.15) is 5.10 Å².